The molecule has 1 unspecified atom stereocenters. The maximum absolute atomic E-state index is 14.6. The molecule has 0 radical (unpaired) electrons. The topological polar surface area (TPSA) is 81.4 Å². The molecule has 4 rings (SSSR count). The Balaban J connectivity index is 2.02. The first-order chi connectivity index (χ1) is 14.8. The fourth-order valence-electron chi connectivity index (χ4n) is 4.63. The maximum atomic E-state index is 14.6. The van der Waals surface area contributed by atoms with Crippen LogP contribution in [0.2, 0.25) is 0 Å². The largest absolute Gasteiger partial charge is 0.463 e. The highest BCUT2D eigenvalue weighted by Crippen LogP contribution is 2.38. The van der Waals surface area contributed by atoms with Gasteiger partial charge in [0, 0.05) is 17.0 Å². The van der Waals surface area contributed by atoms with Gasteiger partial charge in [0.2, 0.25) is 0 Å². The number of ether oxygens (including phenoxy) is 1. The van der Waals surface area contributed by atoms with E-state index in [4.69, 9.17) is 9.72 Å². The standard InChI is InChI=1S/C24H25FN2O4/c1-5-6-15-12(2)19(25)8-20-22(15)13(3)17-9-27-21(23(17)26-20)7-16(14(4)29)18(24(27)30)10-31-11-28/h7-8,11,14,29H,5-6,9-10H2,1-4H3. The lowest BCUT2D eigenvalue weighted by Gasteiger charge is -2.15. The molecule has 1 aliphatic rings. The molecule has 1 atom stereocenters. The number of rotatable bonds is 6. The minimum absolute atomic E-state index is 0.210. The Morgan fingerprint density at radius 1 is 1.29 bits per heavy atom. The first-order valence-corrected chi connectivity index (χ1v) is 10.4. The van der Waals surface area contributed by atoms with Gasteiger partial charge in [-0.15, -0.1) is 0 Å². The second-order valence-corrected chi connectivity index (χ2v) is 8.11. The van der Waals surface area contributed by atoms with Crippen LogP contribution in [0.4, 0.5) is 4.39 Å². The van der Waals surface area contributed by atoms with Crippen LogP contribution in [-0.2, 0) is 29.1 Å². The van der Waals surface area contributed by atoms with Gasteiger partial charge in [-0.05, 0) is 55.5 Å². The van der Waals surface area contributed by atoms with Gasteiger partial charge < -0.3 is 14.4 Å². The Labute approximate surface area is 179 Å². The molecule has 0 saturated heterocycles. The molecule has 0 fully saturated rings. The Hall–Kier alpha value is -3.06. The van der Waals surface area contributed by atoms with E-state index in [1.165, 1.54) is 6.07 Å². The number of aromatic nitrogens is 2. The molecule has 2 aromatic heterocycles. The first kappa shape index (κ1) is 21.2. The maximum Gasteiger partial charge on any atom is 0.293 e. The molecule has 0 bridgehead atoms. The number of aliphatic hydroxyl groups excluding tert-OH is 1. The van der Waals surface area contributed by atoms with Gasteiger partial charge in [-0.3, -0.25) is 9.59 Å². The van der Waals surface area contributed by atoms with E-state index in [0.717, 1.165) is 34.9 Å². The average Bonchev–Trinajstić information content (AvgIpc) is 3.10. The molecule has 3 heterocycles. The van der Waals surface area contributed by atoms with Gasteiger partial charge >= 0.3 is 0 Å². The van der Waals surface area contributed by atoms with Gasteiger partial charge in [-0.2, -0.15) is 0 Å². The van der Waals surface area contributed by atoms with Crippen LogP contribution < -0.4 is 5.56 Å². The highest BCUT2D eigenvalue weighted by Gasteiger charge is 2.29. The van der Waals surface area contributed by atoms with Gasteiger partial charge in [0.15, 0.2) is 0 Å². The van der Waals surface area contributed by atoms with Gasteiger partial charge in [-0.25, -0.2) is 9.37 Å². The molecular formula is C24H25FN2O4. The first-order valence-electron chi connectivity index (χ1n) is 10.4. The van der Waals surface area contributed by atoms with E-state index in [-0.39, 0.29) is 30.0 Å². The van der Waals surface area contributed by atoms with Crippen LogP contribution >= 0.6 is 0 Å². The van der Waals surface area contributed by atoms with Crippen molar-refractivity contribution in [1.82, 2.24) is 9.55 Å². The number of hydrogen-bond acceptors (Lipinski definition) is 5. The summed E-state index contributed by atoms with van der Waals surface area (Å²) in [6.45, 7) is 7.79. The highest BCUT2D eigenvalue weighted by molar-refractivity contribution is 5.91. The summed E-state index contributed by atoms with van der Waals surface area (Å²) in [6, 6.07) is 3.18. The molecule has 1 N–H and O–H groups in total. The zero-order valence-corrected chi connectivity index (χ0v) is 18.1. The van der Waals surface area contributed by atoms with E-state index in [2.05, 4.69) is 6.92 Å². The molecule has 1 aromatic carbocycles. The Kier molecular flexibility index (Phi) is 5.39. The van der Waals surface area contributed by atoms with Gasteiger partial charge in [-0.1, -0.05) is 13.3 Å². The van der Waals surface area contributed by atoms with Crippen molar-refractivity contribution < 1.29 is 19.0 Å². The average molecular weight is 424 g/mol. The summed E-state index contributed by atoms with van der Waals surface area (Å²) in [5.74, 6) is -0.288. The number of aliphatic hydroxyl groups is 1. The predicted molar refractivity (Wildman–Crippen MR) is 115 cm³/mol. The number of nitrogens with zero attached hydrogens (tertiary/aromatic N) is 2. The van der Waals surface area contributed by atoms with Crippen LogP contribution in [0.1, 0.15) is 59.8 Å². The van der Waals surface area contributed by atoms with E-state index >= 15 is 0 Å². The van der Waals surface area contributed by atoms with Crippen molar-refractivity contribution in [2.75, 3.05) is 0 Å². The Bertz CT molecular complexity index is 1280. The summed E-state index contributed by atoms with van der Waals surface area (Å²) < 4.78 is 21.1. The zero-order valence-electron chi connectivity index (χ0n) is 18.1. The summed E-state index contributed by atoms with van der Waals surface area (Å²) in [7, 11) is 0. The molecular weight excluding hydrogens is 399 g/mol. The Morgan fingerprint density at radius 3 is 2.68 bits per heavy atom. The fraction of sp³-hybridized carbons (Fsp3) is 0.375. The van der Waals surface area contributed by atoms with Crippen LogP contribution in [0, 0.1) is 19.7 Å². The fourth-order valence-corrected chi connectivity index (χ4v) is 4.63. The van der Waals surface area contributed by atoms with E-state index in [0.29, 0.717) is 34.6 Å². The van der Waals surface area contributed by atoms with Crippen LogP contribution in [0.25, 0.3) is 22.3 Å². The molecule has 6 nitrogen and oxygen atoms in total. The molecule has 31 heavy (non-hydrogen) atoms. The van der Waals surface area contributed by atoms with Gasteiger partial charge in [0.25, 0.3) is 12.0 Å². The van der Waals surface area contributed by atoms with Crippen molar-refractivity contribution in [3.8, 4) is 11.4 Å². The molecule has 0 amide bonds. The van der Waals surface area contributed by atoms with E-state index in [1.807, 2.05) is 6.92 Å². The monoisotopic (exact) mass is 424 g/mol. The van der Waals surface area contributed by atoms with Gasteiger partial charge in [0.1, 0.15) is 12.4 Å². The third kappa shape index (κ3) is 3.24. The van der Waals surface area contributed by atoms with Crippen LogP contribution in [0.5, 0.6) is 0 Å². The quantitative estimate of drug-likeness (QED) is 0.476. The summed E-state index contributed by atoms with van der Waals surface area (Å²) in [5, 5.41) is 11.2. The van der Waals surface area contributed by atoms with Crippen molar-refractivity contribution in [2.24, 2.45) is 0 Å². The zero-order chi connectivity index (χ0) is 22.4. The summed E-state index contributed by atoms with van der Waals surface area (Å²) in [6.07, 6.45) is 0.701. The van der Waals surface area contributed by atoms with E-state index in [9.17, 15) is 19.1 Å². The third-order valence-electron chi connectivity index (χ3n) is 6.22. The number of benzene rings is 1. The lowest BCUT2D eigenvalue weighted by molar-refractivity contribution is -0.129. The lowest BCUT2D eigenvalue weighted by Crippen LogP contribution is -2.26. The van der Waals surface area contributed by atoms with Gasteiger partial charge in [0.05, 0.1) is 35.1 Å². The molecule has 3 aromatic rings. The number of carbonyl (C=O) groups excluding carboxylic acids is 1. The summed E-state index contributed by atoms with van der Waals surface area (Å²) in [4.78, 5) is 28.6. The number of hydrogen-bond donors (Lipinski definition) is 1. The van der Waals surface area contributed by atoms with E-state index < -0.39 is 6.10 Å². The van der Waals surface area contributed by atoms with Crippen molar-refractivity contribution >= 4 is 17.4 Å². The molecule has 7 heteroatoms. The summed E-state index contributed by atoms with van der Waals surface area (Å²) in [5.41, 5.74) is 5.57. The smallest absolute Gasteiger partial charge is 0.293 e. The number of pyridine rings is 2. The number of aryl methyl sites for hydroxylation is 2. The normalized spacial score (nSPS) is 13.2. The molecule has 1 aliphatic heterocycles. The van der Waals surface area contributed by atoms with Crippen LogP contribution in [-0.4, -0.2) is 21.1 Å². The lowest BCUT2D eigenvalue weighted by atomic mass is 9.92. The molecule has 0 saturated carbocycles. The van der Waals surface area contributed by atoms with Crippen molar-refractivity contribution in [3.05, 3.63) is 61.7 Å². The number of fused-ring (bicyclic) bond motifs is 4. The van der Waals surface area contributed by atoms with Crippen LogP contribution in [0.15, 0.2) is 16.9 Å². The Morgan fingerprint density at radius 2 is 2.03 bits per heavy atom. The number of halogens is 1. The second-order valence-electron chi connectivity index (χ2n) is 8.11. The van der Waals surface area contributed by atoms with Crippen molar-refractivity contribution in [3.63, 3.8) is 0 Å². The minimum atomic E-state index is -0.925. The van der Waals surface area contributed by atoms with Crippen molar-refractivity contribution in [1.29, 1.82) is 0 Å². The molecule has 0 spiro atoms. The third-order valence-corrected chi connectivity index (χ3v) is 6.22. The second kappa shape index (κ2) is 7.89. The van der Waals surface area contributed by atoms with Crippen LogP contribution in [0.3, 0.4) is 0 Å². The van der Waals surface area contributed by atoms with Crippen molar-refractivity contribution in [2.45, 2.75) is 59.8 Å². The minimum Gasteiger partial charge on any atom is -0.463 e. The predicted octanol–water partition coefficient (Wildman–Crippen LogP) is 3.86. The SMILES string of the molecule is CCCc1c(C)c(F)cc2nc3c(c(C)c12)Cn1c-3cc(C(C)O)c(COC=O)c1=O. The van der Waals surface area contributed by atoms with E-state index in [1.54, 1.807) is 24.5 Å². The highest BCUT2D eigenvalue weighted by atomic mass is 19.1. The molecule has 0 aliphatic carbocycles. The number of carbonyl (C=O) groups is 1. The summed E-state index contributed by atoms with van der Waals surface area (Å²) >= 11 is 0. The molecule has 162 valence electrons.